The maximum Gasteiger partial charge on any atom is 0.147 e. The third kappa shape index (κ3) is 1.92. The molecule has 2 rings (SSSR count). The van der Waals surface area contributed by atoms with Crippen molar-refractivity contribution in [1.82, 2.24) is 9.97 Å². The van der Waals surface area contributed by atoms with Gasteiger partial charge in [-0.15, -0.1) is 11.3 Å². The lowest BCUT2D eigenvalue weighted by atomic mass is 10.2. The minimum absolute atomic E-state index is 0.241. The Morgan fingerprint density at radius 3 is 2.56 bits per heavy atom. The second kappa shape index (κ2) is 4.20. The number of aryl methyl sites for hydroxylation is 2. The fourth-order valence-corrected chi connectivity index (χ4v) is 2.50. The summed E-state index contributed by atoms with van der Waals surface area (Å²) in [7, 11) is 0. The molecular weight excluding hydrogens is 242 g/mol. The average Bonchev–Trinajstić information content (AvgIpc) is 2.58. The zero-order valence-electron chi connectivity index (χ0n) is 8.78. The summed E-state index contributed by atoms with van der Waals surface area (Å²) in [6.45, 7) is 3.89. The average molecular weight is 250 g/mol. The number of pyridine rings is 1. The van der Waals surface area contributed by atoms with Crippen molar-refractivity contribution in [2.75, 3.05) is 0 Å². The first kappa shape index (κ1) is 11.1. The summed E-state index contributed by atoms with van der Waals surface area (Å²) in [6, 6.07) is 5.46. The minimum Gasteiger partial charge on any atom is -0.246 e. The predicted molar refractivity (Wildman–Crippen MR) is 64.5 cm³/mol. The third-order valence-corrected chi connectivity index (χ3v) is 3.49. The zero-order valence-corrected chi connectivity index (χ0v) is 10.4. The molecule has 0 bridgehead atoms. The van der Waals surface area contributed by atoms with Gasteiger partial charge in [-0.2, -0.15) is 5.26 Å². The molecule has 0 spiro atoms. The van der Waals surface area contributed by atoms with Crippen LogP contribution in [0.1, 0.15) is 16.3 Å². The van der Waals surface area contributed by atoms with Crippen LogP contribution in [0.15, 0.2) is 12.1 Å². The summed E-state index contributed by atoms with van der Waals surface area (Å²) in [5.41, 5.74) is 2.10. The van der Waals surface area contributed by atoms with Crippen LogP contribution in [-0.4, -0.2) is 9.97 Å². The molecule has 3 nitrogen and oxygen atoms in total. The second-order valence-corrected chi connectivity index (χ2v) is 4.86. The molecule has 80 valence electrons. The maximum atomic E-state index is 8.75. The third-order valence-electron chi connectivity index (χ3n) is 2.11. The quantitative estimate of drug-likeness (QED) is 0.729. The molecule has 2 aromatic heterocycles. The highest BCUT2D eigenvalue weighted by atomic mass is 35.5. The number of hydrogen-bond acceptors (Lipinski definition) is 4. The number of nitriles is 1. The second-order valence-electron chi connectivity index (χ2n) is 3.29. The normalized spacial score (nSPS) is 10.1. The first-order valence-corrected chi connectivity index (χ1v) is 5.82. The Labute approximate surface area is 102 Å². The first-order chi connectivity index (χ1) is 7.61. The van der Waals surface area contributed by atoms with Crippen LogP contribution in [-0.2, 0) is 0 Å². The highest BCUT2D eigenvalue weighted by Crippen LogP contribution is 2.29. The molecule has 0 aliphatic carbocycles. The topological polar surface area (TPSA) is 49.6 Å². The lowest BCUT2D eigenvalue weighted by Gasteiger charge is -1.99. The lowest BCUT2D eigenvalue weighted by molar-refractivity contribution is 1.19. The molecule has 2 heterocycles. The Morgan fingerprint density at radius 2 is 2.06 bits per heavy atom. The maximum absolute atomic E-state index is 8.75. The van der Waals surface area contributed by atoms with Gasteiger partial charge in [-0.1, -0.05) is 11.6 Å². The zero-order chi connectivity index (χ0) is 11.7. The van der Waals surface area contributed by atoms with E-state index in [1.807, 2.05) is 19.9 Å². The molecule has 0 saturated heterocycles. The van der Waals surface area contributed by atoms with Crippen molar-refractivity contribution < 1.29 is 0 Å². The van der Waals surface area contributed by atoms with Gasteiger partial charge in [0.2, 0.25) is 0 Å². The van der Waals surface area contributed by atoms with E-state index in [2.05, 4.69) is 9.97 Å². The molecule has 0 radical (unpaired) electrons. The van der Waals surface area contributed by atoms with Crippen LogP contribution in [0.25, 0.3) is 10.6 Å². The lowest BCUT2D eigenvalue weighted by Crippen LogP contribution is -1.87. The van der Waals surface area contributed by atoms with Crippen LogP contribution in [0.3, 0.4) is 0 Å². The van der Waals surface area contributed by atoms with Crippen LogP contribution in [0.4, 0.5) is 0 Å². The van der Waals surface area contributed by atoms with Crippen LogP contribution in [0.2, 0.25) is 5.15 Å². The summed E-state index contributed by atoms with van der Waals surface area (Å²) < 4.78 is 0. The summed E-state index contributed by atoms with van der Waals surface area (Å²) in [6.07, 6.45) is 0. The van der Waals surface area contributed by atoms with E-state index >= 15 is 0 Å². The molecule has 0 aliphatic heterocycles. The number of rotatable bonds is 1. The van der Waals surface area contributed by atoms with Crippen molar-refractivity contribution in [2.24, 2.45) is 0 Å². The van der Waals surface area contributed by atoms with Crippen molar-refractivity contribution in [2.45, 2.75) is 13.8 Å². The highest BCUT2D eigenvalue weighted by molar-refractivity contribution is 7.15. The van der Waals surface area contributed by atoms with Crippen molar-refractivity contribution in [3.63, 3.8) is 0 Å². The molecule has 0 unspecified atom stereocenters. The standard InChI is InChI=1S/C11H8ClN3S/c1-6-10(16-7(2)14-6)9-4-3-8(5-13)11(12)15-9/h3-4H,1-2H3. The first-order valence-electron chi connectivity index (χ1n) is 4.63. The van der Waals surface area contributed by atoms with Crippen molar-refractivity contribution in [1.29, 1.82) is 5.26 Å². The van der Waals surface area contributed by atoms with Gasteiger partial charge >= 0.3 is 0 Å². The number of halogens is 1. The van der Waals surface area contributed by atoms with Gasteiger partial charge in [0.25, 0.3) is 0 Å². The van der Waals surface area contributed by atoms with E-state index in [9.17, 15) is 0 Å². The fraction of sp³-hybridized carbons (Fsp3) is 0.182. The Balaban J connectivity index is 2.54. The smallest absolute Gasteiger partial charge is 0.147 e. The minimum atomic E-state index is 0.241. The van der Waals surface area contributed by atoms with E-state index in [1.54, 1.807) is 23.5 Å². The van der Waals surface area contributed by atoms with Gasteiger partial charge in [0, 0.05) is 0 Å². The van der Waals surface area contributed by atoms with Gasteiger partial charge in [-0.25, -0.2) is 9.97 Å². The molecule has 0 aromatic carbocycles. The van der Waals surface area contributed by atoms with Crippen molar-refractivity contribution in [3.05, 3.63) is 33.6 Å². The van der Waals surface area contributed by atoms with E-state index in [0.29, 0.717) is 5.56 Å². The summed E-state index contributed by atoms with van der Waals surface area (Å²) >= 11 is 7.46. The van der Waals surface area contributed by atoms with E-state index in [-0.39, 0.29) is 5.15 Å². The SMILES string of the molecule is Cc1nc(C)c(-c2ccc(C#N)c(Cl)n2)s1. The number of nitrogens with zero attached hydrogens (tertiary/aromatic N) is 3. The van der Waals surface area contributed by atoms with Gasteiger partial charge in [0.15, 0.2) is 0 Å². The molecule has 0 N–H and O–H groups in total. The van der Waals surface area contributed by atoms with Crippen LogP contribution < -0.4 is 0 Å². The molecule has 0 aliphatic rings. The van der Waals surface area contributed by atoms with Gasteiger partial charge in [0.05, 0.1) is 26.8 Å². The van der Waals surface area contributed by atoms with Gasteiger partial charge in [-0.3, -0.25) is 0 Å². The highest BCUT2D eigenvalue weighted by Gasteiger charge is 2.10. The van der Waals surface area contributed by atoms with E-state index < -0.39 is 0 Å². The van der Waals surface area contributed by atoms with Gasteiger partial charge in [-0.05, 0) is 26.0 Å². The predicted octanol–water partition coefficient (Wildman–Crippen LogP) is 3.35. The summed E-state index contributed by atoms with van der Waals surface area (Å²) in [4.78, 5) is 9.54. The summed E-state index contributed by atoms with van der Waals surface area (Å²) in [5, 5.41) is 9.99. The van der Waals surface area contributed by atoms with E-state index in [0.717, 1.165) is 21.3 Å². The molecule has 16 heavy (non-hydrogen) atoms. The molecular formula is C11H8ClN3S. The molecule has 0 fully saturated rings. The molecule has 0 amide bonds. The summed E-state index contributed by atoms with van der Waals surface area (Å²) in [5.74, 6) is 0. The number of hydrogen-bond donors (Lipinski definition) is 0. The largest absolute Gasteiger partial charge is 0.246 e. The Morgan fingerprint density at radius 1 is 1.31 bits per heavy atom. The Hall–Kier alpha value is -1.44. The number of thiazole rings is 1. The molecule has 5 heteroatoms. The fourth-order valence-electron chi connectivity index (χ4n) is 1.41. The van der Waals surface area contributed by atoms with Gasteiger partial charge < -0.3 is 0 Å². The number of aromatic nitrogens is 2. The van der Waals surface area contributed by atoms with E-state index in [4.69, 9.17) is 16.9 Å². The van der Waals surface area contributed by atoms with E-state index in [1.165, 1.54) is 0 Å². The Bertz CT molecular complexity index is 583. The Kier molecular flexibility index (Phi) is 2.90. The van der Waals surface area contributed by atoms with Crippen LogP contribution in [0.5, 0.6) is 0 Å². The van der Waals surface area contributed by atoms with Gasteiger partial charge in [0.1, 0.15) is 11.2 Å². The molecule has 0 atom stereocenters. The monoisotopic (exact) mass is 249 g/mol. The molecule has 0 saturated carbocycles. The van der Waals surface area contributed by atoms with Crippen molar-refractivity contribution >= 4 is 22.9 Å². The van der Waals surface area contributed by atoms with Crippen molar-refractivity contribution in [3.8, 4) is 16.6 Å². The van der Waals surface area contributed by atoms with Crippen LogP contribution >= 0.6 is 22.9 Å². The molecule has 2 aromatic rings. The van der Waals surface area contributed by atoms with Crippen LogP contribution in [0, 0.1) is 25.2 Å².